The second-order valence-electron chi connectivity index (χ2n) is 6.29. The van der Waals surface area contributed by atoms with Crippen molar-refractivity contribution in [2.45, 2.75) is 38.9 Å². The molecular weight excluding hydrogens is 282 g/mol. The van der Waals surface area contributed by atoms with Gasteiger partial charge in [0.05, 0.1) is 27.0 Å². The first-order valence-corrected chi connectivity index (χ1v) is 7.57. The first kappa shape index (κ1) is 15.0. The van der Waals surface area contributed by atoms with Crippen LogP contribution in [-0.4, -0.2) is 41.5 Å². The average Bonchev–Trinajstić information content (AvgIpc) is 2.59. The smallest absolute Gasteiger partial charge is 0.186 e. The fourth-order valence-electron chi connectivity index (χ4n) is 2.80. The van der Waals surface area contributed by atoms with Gasteiger partial charge in [-0.2, -0.15) is 0 Å². The van der Waals surface area contributed by atoms with Gasteiger partial charge in [0, 0.05) is 13.1 Å². The highest BCUT2D eigenvalue weighted by Crippen LogP contribution is 2.28. The van der Waals surface area contributed by atoms with E-state index in [0.717, 1.165) is 18.0 Å². The van der Waals surface area contributed by atoms with Crippen LogP contribution in [0.15, 0.2) is 12.1 Å². The molecule has 2 heterocycles. The summed E-state index contributed by atoms with van der Waals surface area (Å²) < 4.78 is 6.67. The van der Waals surface area contributed by atoms with Crippen LogP contribution in [0.25, 0.3) is 0 Å². The molecule has 5 heteroatoms. The minimum absolute atomic E-state index is 0.130. The number of thiophene rings is 1. The highest BCUT2D eigenvalue weighted by atomic mass is 35.5. The van der Waals surface area contributed by atoms with E-state index < -0.39 is 0 Å². The molecule has 0 aromatic carbocycles. The summed E-state index contributed by atoms with van der Waals surface area (Å²) in [6.45, 7) is 10.2. The van der Waals surface area contributed by atoms with Crippen LogP contribution in [0.2, 0.25) is 4.34 Å². The van der Waals surface area contributed by atoms with Gasteiger partial charge in [-0.25, -0.2) is 0 Å². The Balaban J connectivity index is 2.04. The minimum atomic E-state index is -0.227. The minimum Gasteiger partial charge on any atom is -0.367 e. The van der Waals surface area contributed by atoms with Crippen molar-refractivity contribution in [2.24, 2.45) is 0 Å². The van der Waals surface area contributed by atoms with Crippen molar-refractivity contribution in [3.63, 3.8) is 0 Å². The van der Waals surface area contributed by atoms with Crippen molar-refractivity contribution in [3.05, 3.63) is 21.3 Å². The van der Waals surface area contributed by atoms with Crippen molar-refractivity contribution in [1.82, 2.24) is 4.90 Å². The molecule has 1 aliphatic rings. The fraction of sp³-hybridized carbons (Fsp3) is 0.643. The first-order valence-electron chi connectivity index (χ1n) is 6.38. The van der Waals surface area contributed by atoms with E-state index >= 15 is 0 Å². The van der Waals surface area contributed by atoms with Crippen molar-refractivity contribution in [3.8, 4) is 0 Å². The molecule has 1 aliphatic heterocycles. The number of hydrogen-bond acceptors (Lipinski definition) is 4. The van der Waals surface area contributed by atoms with Gasteiger partial charge in [0.2, 0.25) is 0 Å². The molecule has 1 fully saturated rings. The van der Waals surface area contributed by atoms with Gasteiger partial charge in [-0.05, 0) is 39.8 Å². The quantitative estimate of drug-likeness (QED) is 0.801. The van der Waals surface area contributed by atoms with Crippen LogP contribution >= 0.6 is 22.9 Å². The third-order valence-electron chi connectivity index (χ3n) is 2.98. The molecule has 0 unspecified atom stereocenters. The molecule has 19 heavy (non-hydrogen) atoms. The van der Waals surface area contributed by atoms with E-state index in [1.54, 1.807) is 12.1 Å². The largest absolute Gasteiger partial charge is 0.367 e. The molecule has 1 aromatic rings. The first-order chi connectivity index (χ1) is 8.67. The average molecular weight is 302 g/mol. The molecule has 0 N–H and O–H groups in total. The molecule has 1 saturated heterocycles. The summed E-state index contributed by atoms with van der Waals surface area (Å²) in [5.74, 6) is 0.130. The van der Waals surface area contributed by atoms with E-state index in [9.17, 15) is 4.79 Å². The lowest BCUT2D eigenvalue weighted by molar-refractivity contribution is -0.178. The Morgan fingerprint density at radius 3 is 2.37 bits per heavy atom. The number of rotatable bonds is 3. The summed E-state index contributed by atoms with van der Waals surface area (Å²) in [6, 6.07) is 3.57. The molecule has 1 aromatic heterocycles. The molecule has 0 aliphatic carbocycles. The number of ketones is 1. The summed E-state index contributed by atoms with van der Waals surface area (Å²) in [4.78, 5) is 15.1. The van der Waals surface area contributed by atoms with Crippen molar-refractivity contribution < 1.29 is 9.53 Å². The Bertz CT molecular complexity index is 466. The molecule has 0 amide bonds. The van der Waals surface area contributed by atoms with Crippen molar-refractivity contribution in [1.29, 1.82) is 0 Å². The standard InChI is InChI=1S/C14H20ClNO2S/c1-13(2)8-16(9-14(3,4)18-13)7-10(17)11-5-6-12(15)19-11/h5-6H,7-9H2,1-4H3. The normalized spacial score (nSPS) is 22.4. The fourth-order valence-corrected chi connectivity index (χ4v) is 3.78. The van der Waals surface area contributed by atoms with Crippen molar-refractivity contribution >= 4 is 28.7 Å². The monoisotopic (exact) mass is 301 g/mol. The number of nitrogens with zero attached hydrogens (tertiary/aromatic N) is 1. The molecule has 0 atom stereocenters. The second-order valence-corrected chi connectivity index (χ2v) is 8.01. The Morgan fingerprint density at radius 2 is 1.89 bits per heavy atom. The number of carbonyl (C=O) groups is 1. The summed E-state index contributed by atoms with van der Waals surface area (Å²) in [5.41, 5.74) is -0.454. The van der Waals surface area contributed by atoms with E-state index in [2.05, 4.69) is 32.6 Å². The van der Waals surface area contributed by atoms with Gasteiger partial charge in [-0.3, -0.25) is 9.69 Å². The van der Waals surface area contributed by atoms with Crippen LogP contribution in [0.1, 0.15) is 37.4 Å². The molecule has 2 rings (SSSR count). The predicted octanol–water partition coefficient (Wildman–Crippen LogP) is 3.47. The third kappa shape index (κ3) is 4.02. The van der Waals surface area contributed by atoms with Crippen LogP contribution in [0, 0.1) is 0 Å². The zero-order chi connectivity index (χ0) is 14.3. The van der Waals surface area contributed by atoms with Crippen LogP contribution in [0.3, 0.4) is 0 Å². The van der Waals surface area contributed by atoms with Gasteiger partial charge >= 0.3 is 0 Å². The molecule has 0 bridgehead atoms. The second kappa shape index (κ2) is 5.17. The Hall–Kier alpha value is -0.420. The van der Waals surface area contributed by atoms with E-state index in [1.165, 1.54) is 11.3 Å². The number of hydrogen-bond donors (Lipinski definition) is 0. The lowest BCUT2D eigenvalue weighted by Crippen LogP contribution is -2.57. The van der Waals surface area contributed by atoms with E-state index in [4.69, 9.17) is 16.3 Å². The topological polar surface area (TPSA) is 29.5 Å². The molecular formula is C14H20ClNO2S. The maximum absolute atomic E-state index is 12.2. The number of carbonyl (C=O) groups excluding carboxylic acids is 1. The Labute approximate surface area is 123 Å². The SMILES string of the molecule is CC1(C)CN(CC(=O)c2ccc(Cl)s2)CC(C)(C)O1. The molecule has 0 radical (unpaired) electrons. The zero-order valence-corrected chi connectivity index (χ0v) is 13.4. The summed E-state index contributed by atoms with van der Waals surface area (Å²) in [7, 11) is 0. The zero-order valence-electron chi connectivity index (χ0n) is 11.8. The molecule has 3 nitrogen and oxygen atoms in total. The Kier molecular flexibility index (Phi) is 4.07. The van der Waals surface area contributed by atoms with Gasteiger partial charge in [0.15, 0.2) is 5.78 Å². The van der Waals surface area contributed by atoms with E-state index in [0.29, 0.717) is 10.9 Å². The summed E-state index contributed by atoms with van der Waals surface area (Å²) in [6.07, 6.45) is 0. The van der Waals surface area contributed by atoms with Gasteiger partial charge < -0.3 is 4.74 Å². The molecule has 0 saturated carbocycles. The van der Waals surface area contributed by atoms with Crippen LogP contribution < -0.4 is 0 Å². The van der Waals surface area contributed by atoms with Gasteiger partial charge in [-0.15, -0.1) is 11.3 Å². The van der Waals surface area contributed by atoms with Crippen LogP contribution in [0.5, 0.6) is 0 Å². The van der Waals surface area contributed by atoms with Gasteiger partial charge in [0.25, 0.3) is 0 Å². The van der Waals surface area contributed by atoms with E-state index in [-0.39, 0.29) is 17.0 Å². The van der Waals surface area contributed by atoms with Crippen molar-refractivity contribution in [2.75, 3.05) is 19.6 Å². The number of morpholine rings is 1. The van der Waals surface area contributed by atoms with Gasteiger partial charge in [0.1, 0.15) is 0 Å². The number of ether oxygens (including phenoxy) is 1. The highest BCUT2D eigenvalue weighted by molar-refractivity contribution is 7.18. The highest BCUT2D eigenvalue weighted by Gasteiger charge is 2.38. The number of halogens is 1. The summed E-state index contributed by atoms with van der Waals surface area (Å²) >= 11 is 7.21. The van der Waals surface area contributed by atoms with Gasteiger partial charge in [-0.1, -0.05) is 11.6 Å². The molecule has 106 valence electrons. The predicted molar refractivity (Wildman–Crippen MR) is 79.3 cm³/mol. The summed E-state index contributed by atoms with van der Waals surface area (Å²) in [5, 5.41) is 0. The Morgan fingerprint density at radius 1 is 1.32 bits per heavy atom. The maximum Gasteiger partial charge on any atom is 0.186 e. The third-order valence-corrected chi connectivity index (χ3v) is 4.25. The van der Waals surface area contributed by atoms with Crippen LogP contribution in [-0.2, 0) is 4.74 Å². The molecule has 0 spiro atoms. The lowest BCUT2D eigenvalue weighted by atomic mass is 9.98. The maximum atomic E-state index is 12.2. The van der Waals surface area contributed by atoms with Crippen LogP contribution in [0.4, 0.5) is 0 Å². The lowest BCUT2D eigenvalue weighted by Gasteiger charge is -2.46. The number of Topliss-reactive ketones (excluding diaryl/α,β-unsaturated/α-hetero) is 1. The van der Waals surface area contributed by atoms with E-state index in [1.807, 2.05) is 0 Å².